The topological polar surface area (TPSA) is 58.1 Å². The Labute approximate surface area is 173 Å². The molecule has 4 rings (SSSR count). The van der Waals surface area contributed by atoms with Crippen LogP contribution in [0.3, 0.4) is 0 Å². The molecule has 1 aromatic heterocycles. The summed E-state index contributed by atoms with van der Waals surface area (Å²) in [6.45, 7) is 1.20. The molecule has 0 bridgehead atoms. The molecule has 0 spiro atoms. The van der Waals surface area contributed by atoms with Crippen LogP contribution in [-0.4, -0.2) is 33.9 Å². The first-order valence-corrected chi connectivity index (χ1v) is 9.95. The number of benzene rings is 2. The number of aromatic nitrogens is 2. The molecule has 1 fully saturated rings. The average Bonchev–Trinajstić information content (AvgIpc) is 2.77. The molecule has 30 heavy (non-hydrogen) atoms. The van der Waals surface area contributed by atoms with Crippen LogP contribution in [0.25, 0.3) is 0 Å². The molecule has 2 aromatic carbocycles. The highest BCUT2D eigenvalue weighted by molar-refractivity contribution is 5.79. The van der Waals surface area contributed by atoms with Crippen molar-refractivity contribution >= 4 is 17.5 Å². The van der Waals surface area contributed by atoms with Gasteiger partial charge in [0.1, 0.15) is 11.6 Å². The molecule has 0 saturated carbocycles. The lowest BCUT2D eigenvalue weighted by atomic mass is 9.94. The van der Waals surface area contributed by atoms with Gasteiger partial charge in [-0.15, -0.1) is 0 Å². The quantitative estimate of drug-likeness (QED) is 0.678. The van der Waals surface area contributed by atoms with Crippen molar-refractivity contribution in [3.8, 4) is 0 Å². The van der Waals surface area contributed by atoms with E-state index in [0.717, 1.165) is 18.5 Å². The van der Waals surface area contributed by atoms with Crippen molar-refractivity contribution in [1.82, 2.24) is 14.9 Å². The summed E-state index contributed by atoms with van der Waals surface area (Å²) in [6, 6.07) is 14.2. The Morgan fingerprint density at radius 2 is 1.90 bits per heavy atom. The van der Waals surface area contributed by atoms with Crippen molar-refractivity contribution in [2.45, 2.75) is 25.2 Å². The van der Waals surface area contributed by atoms with Gasteiger partial charge in [-0.1, -0.05) is 18.2 Å². The number of nitrogens with one attached hydrogen (secondary N) is 1. The van der Waals surface area contributed by atoms with Gasteiger partial charge >= 0.3 is 0 Å². The van der Waals surface area contributed by atoms with Crippen LogP contribution in [0.2, 0.25) is 0 Å². The molecule has 1 unspecified atom stereocenters. The number of piperidine rings is 1. The van der Waals surface area contributed by atoms with Gasteiger partial charge in [0.2, 0.25) is 11.9 Å². The monoisotopic (exact) mass is 408 g/mol. The standard InChI is InChI=1S/C23H22F2N4O/c24-18-7-9-19(10-8-18)27-23-26-12-11-21(28-23)17-5-3-13-29(15-17)22(30)14-16-4-1-2-6-20(16)25/h1-2,4,6-12,17H,3,5,13-15H2,(H,26,27,28). The summed E-state index contributed by atoms with van der Waals surface area (Å²) in [7, 11) is 0. The van der Waals surface area contributed by atoms with Crippen LogP contribution in [0.4, 0.5) is 20.4 Å². The van der Waals surface area contributed by atoms with Gasteiger partial charge in [0.05, 0.1) is 12.1 Å². The summed E-state index contributed by atoms with van der Waals surface area (Å²) < 4.78 is 27.0. The molecule has 2 heterocycles. The fourth-order valence-corrected chi connectivity index (χ4v) is 3.68. The Morgan fingerprint density at radius 1 is 1.10 bits per heavy atom. The number of carbonyl (C=O) groups excluding carboxylic acids is 1. The Bertz CT molecular complexity index is 1030. The number of hydrogen-bond acceptors (Lipinski definition) is 4. The fourth-order valence-electron chi connectivity index (χ4n) is 3.68. The van der Waals surface area contributed by atoms with Crippen LogP contribution in [0.1, 0.15) is 30.0 Å². The van der Waals surface area contributed by atoms with Crippen molar-refractivity contribution in [3.05, 3.63) is 83.7 Å². The molecule has 1 atom stereocenters. The average molecular weight is 408 g/mol. The molecule has 0 aliphatic carbocycles. The summed E-state index contributed by atoms with van der Waals surface area (Å²) in [6.07, 6.45) is 3.50. The first-order chi connectivity index (χ1) is 14.6. The number of nitrogens with zero attached hydrogens (tertiary/aromatic N) is 3. The number of halogens is 2. The second kappa shape index (κ2) is 8.98. The minimum atomic E-state index is -0.355. The SMILES string of the molecule is O=C(Cc1ccccc1F)N1CCCC(c2ccnc(Nc3ccc(F)cc3)n2)C1. The van der Waals surface area contributed by atoms with Gasteiger partial charge in [0.25, 0.3) is 0 Å². The lowest BCUT2D eigenvalue weighted by molar-refractivity contribution is -0.131. The summed E-state index contributed by atoms with van der Waals surface area (Å²) in [4.78, 5) is 23.3. The molecule has 5 nitrogen and oxygen atoms in total. The largest absolute Gasteiger partial charge is 0.342 e. The molecule has 1 aliphatic heterocycles. The lowest BCUT2D eigenvalue weighted by Crippen LogP contribution is -2.40. The molecule has 1 aliphatic rings. The Morgan fingerprint density at radius 3 is 2.70 bits per heavy atom. The van der Waals surface area contributed by atoms with Crippen LogP contribution >= 0.6 is 0 Å². The van der Waals surface area contributed by atoms with Gasteiger partial charge in [-0.25, -0.2) is 18.7 Å². The highest BCUT2D eigenvalue weighted by atomic mass is 19.1. The zero-order valence-electron chi connectivity index (χ0n) is 16.4. The zero-order valence-corrected chi connectivity index (χ0v) is 16.4. The molecule has 1 saturated heterocycles. The van der Waals surface area contributed by atoms with Gasteiger partial charge in [-0.3, -0.25) is 4.79 Å². The lowest BCUT2D eigenvalue weighted by Gasteiger charge is -2.32. The van der Waals surface area contributed by atoms with E-state index in [9.17, 15) is 13.6 Å². The maximum Gasteiger partial charge on any atom is 0.227 e. The van der Waals surface area contributed by atoms with E-state index in [4.69, 9.17) is 0 Å². The predicted molar refractivity (Wildman–Crippen MR) is 110 cm³/mol. The molecule has 154 valence electrons. The third-order valence-corrected chi connectivity index (χ3v) is 5.27. The molecule has 0 radical (unpaired) electrons. The smallest absolute Gasteiger partial charge is 0.227 e. The maximum atomic E-state index is 13.9. The number of amides is 1. The third kappa shape index (κ3) is 4.79. The van der Waals surface area contributed by atoms with Gasteiger partial charge in [0.15, 0.2) is 0 Å². The van der Waals surface area contributed by atoms with E-state index in [1.54, 1.807) is 41.4 Å². The Hall–Kier alpha value is -3.35. The van der Waals surface area contributed by atoms with Crippen LogP contribution in [0.5, 0.6) is 0 Å². The van der Waals surface area contributed by atoms with Crippen LogP contribution < -0.4 is 5.32 Å². The zero-order chi connectivity index (χ0) is 20.9. The van der Waals surface area contributed by atoms with E-state index in [2.05, 4.69) is 15.3 Å². The predicted octanol–water partition coefficient (Wildman–Crippen LogP) is 4.45. The van der Waals surface area contributed by atoms with Gasteiger partial charge in [-0.05, 0) is 54.8 Å². The van der Waals surface area contributed by atoms with E-state index < -0.39 is 0 Å². The van der Waals surface area contributed by atoms with Crippen LogP contribution in [0.15, 0.2) is 60.8 Å². The minimum Gasteiger partial charge on any atom is -0.342 e. The summed E-state index contributed by atoms with van der Waals surface area (Å²) >= 11 is 0. The van der Waals surface area contributed by atoms with Crippen molar-refractivity contribution < 1.29 is 13.6 Å². The van der Waals surface area contributed by atoms with Crippen LogP contribution in [0, 0.1) is 11.6 Å². The highest BCUT2D eigenvalue weighted by Gasteiger charge is 2.26. The number of hydrogen-bond donors (Lipinski definition) is 1. The third-order valence-electron chi connectivity index (χ3n) is 5.27. The van der Waals surface area contributed by atoms with E-state index in [0.29, 0.717) is 30.3 Å². The fraction of sp³-hybridized carbons (Fsp3) is 0.261. The normalized spacial score (nSPS) is 16.3. The number of likely N-dealkylation sites (tertiary alicyclic amines) is 1. The first kappa shape index (κ1) is 19.9. The van der Waals surface area contributed by atoms with E-state index >= 15 is 0 Å². The molecule has 1 N–H and O–H groups in total. The van der Waals surface area contributed by atoms with Gasteiger partial charge < -0.3 is 10.2 Å². The summed E-state index contributed by atoms with van der Waals surface area (Å²) in [5.74, 6) is -0.234. The minimum absolute atomic E-state index is 0.0561. The Balaban J connectivity index is 1.43. The molecular formula is C23H22F2N4O. The van der Waals surface area contributed by atoms with Crippen molar-refractivity contribution in [1.29, 1.82) is 0 Å². The number of anilines is 2. The molecule has 3 aromatic rings. The van der Waals surface area contributed by atoms with E-state index in [-0.39, 0.29) is 29.9 Å². The van der Waals surface area contributed by atoms with Gasteiger partial charge in [-0.2, -0.15) is 0 Å². The molecular weight excluding hydrogens is 386 g/mol. The maximum absolute atomic E-state index is 13.9. The van der Waals surface area contributed by atoms with Crippen molar-refractivity contribution in [2.75, 3.05) is 18.4 Å². The van der Waals surface area contributed by atoms with E-state index in [1.165, 1.54) is 18.2 Å². The van der Waals surface area contributed by atoms with Crippen molar-refractivity contribution in [2.24, 2.45) is 0 Å². The second-order valence-electron chi connectivity index (χ2n) is 7.38. The second-order valence-corrected chi connectivity index (χ2v) is 7.38. The first-order valence-electron chi connectivity index (χ1n) is 9.95. The van der Waals surface area contributed by atoms with Crippen LogP contribution in [-0.2, 0) is 11.2 Å². The van der Waals surface area contributed by atoms with Crippen molar-refractivity contribution in [3.63, 3.8) is 0 Å². The van der Waals surface area contributed by atoms with E-state index in [1.807, 2.05) is 6.07 Å². The molecule has 1 amide bonds. The number of rotatable bonds is 5. The van der Waals surface area contributed by atoms with Gasteiger partial charge in [0, 0.05) is 30.9 Å². The highest BCUT2D eigenvalue weighted by Crippen LogP contribution is 2.27. The summed E-state index contributed by atoms with van der Waals surface area (Å²) in [5, 5.41) is 3.07. The number of carbonyl (C=O) groups is 1. The Kier molecular flexibility index (Phi) is 5.97. The molecule has 7 heteroatoms. The summed E-state index contributed by atoms with van der Waals surface area (Å²) in [5.41, 5.74) is 1.95.